The largest absolute Gasteiger partial charge is 0.496 e. The Morgan fingerprint density at radius 3 is 2.50 bits per heavy atom. The molecule has 6 nitrogen and oxygen atoms in total. The summed E-state index contributed by atoms with van der Waals surface area (Å²) < 4.78 is 16.7. The summed E-state index contributed by atoms with van der Waals surface area (Å²) in [5, 5.41) is 3.78. The smallest absolute Gasteiger partial charge is 0.346 e. The van der Waals surface area contributed by atoms with Crippen molar-refractivity contribution in [1.29, 1.82) is 0 Å². The first kappa shape index (κ1) is 18.2. The lowest BCUT2D eigenvalue weighted by atomic mass is 10.1. The second-order valence-corrected chi connectivity index (χ2v) is 6.87. The van der Waals surface area contributed by atoms with Crippen LogP contribution >= 0.6 is 12.2 Å². The molecule has 0 spiro atoms. The van der Waals surface area contributed by atoms with Crippen molar-refractivity contribution in [2.45, 2.75) is 0 Å². The van der Waals surface area contributed by atoms with Gasteiger partial charge in [0.15, 0.2) is 0 Å². The van der Waals surface area contributed by atoms with E-state index in [-0.39, 0.29) is 0 Å². The first-order valence-electron chi connectivity index (χ1n) is 7.53. The minimum Gasteiger partial charge on any atom is -0.496 e. The third-order valence-corrected chi connectivity index (χ3v) is 3.92. The van der Waals surface area contributed by atoms with Crippen LogP contribution in [0.3, 0.4) is 0 Å². The van der Waals surface area contributed by atoms with Gasteiger partial charge in [-0.25, -0.2) is 4.79 Å². The van der Waals surface area contributed by atoms with Gasteiger partial charge in [0.25, 0.3) is 0 Å². The third kappa shape index (κ3) is 4.24. The van der Waals surface area contributed by atoms with Gasteiger partial charge in [-0.3, -0.25) is 0 Å². The summed E-state index contributed by atoms with van der Waals surface area (Å²) in [5.41, 5.74) is 0.233. The normalized spacial score (nSPS) is 11.4. The third-order valence-electron chi connectivity index (χ3n) is 3.56. The summed E-state index contributed by atoms with van der Waals surface area (Å²) in [6, 6.07) is 5.08. The molecule has 2 rings (SSSR count). The number of thiocarbonyl (C=S) groups is 1. The fraction of sp³-hybridized carbons (Fsp3) is 0.412. The number of likely N-dealkylation sites (N-methyl/N-ethyl adjacent to an activating group) is 1. The van der Waals surface area contributed by atoms with E-state index in [2.05, 4.69) is 26.5 Å². The molecular formula is C17H23N2O4S+. The van der Waals surface area contributed by atoms with Gasteiger partial charge in [0.2, 0.25) is 0 Å². The molecule has 0 saturated heterocycles. The predicted molar refractivity (Wildman–Crippen MR) is 98.2 cm³/mol. The maximum Gasteiger partial charge on any atom is 0.346 e. The molecule has 0 aliphatic rings. The number of fused-ring (bicyclic) bond motifs is 1. The standard InChI is InChI=1S/C17H22N2O4S/c1-19(2,3)7-6-18-16(24)13-10-12-14(22-5)8-11(21-4)9-15(12)23-17(13)20/h8-10H,6-7H2,1-5H3/p+1. The van der Waals surface area contributed by atoms with Crippen LogP contribution in [0, 0.1) is 0 Å². The number of ether oxygens (including phenoxy) is 2. The summed E-state index contributed by atoms with van der Waals surface area (Å²) in [4.78, 5) is 12.6. The van der Waals surface area contributed by atoms with Gasteiger partial charge in [0.05, 0.1) is 59.4 Å². The molecule has 0 aliphatic heterocycles. The van der Waals surface area contributed by atoms with Crippen molar-refractivity contribution in [2.75, 3.05) is 48.5 Å². The molecule has 0 unspecified atom stereocenters. The maximum absolute atomic E-state index is 12.3. The number of nitrogens with zero attached hydrogens (tertiary/aromatic N) is 1. The lowest BCUT2D eigenvalue weighted by Crippen LogP contribution is -2.42. The number of quaternary nitrogens is 1. The fourth-order valence-electron chi connectivity index (χ4n) is 2.21. The van der Waals surface area contributed by atoms with Crippen LogP contribution in [-0.2, 0) is 0 Å². The van der Waals surface area contributed by atoms with E-state index < -0.39 is 5.63 Å². The van der Waals surface area contributed by atoms with E-state index in [1.165, 1.54) is 0 Å². The average Bonchev–Trinajstić information content (AvgIpc) is 2.51. The summed E-state index contributed by atoms with van der Waals surface area (Å²) in [6.45, 7) is 1.54. The zero-order chi connectivity index (χ0) is 17.9. The number of hydrogen-bond acceptors (Lipinski definition) is 5. The second kappa shape index (κ2) is 7.19. The monoisotopic (exact) mass is 351 g/mol. The number of nitrogens with one attached hydrogen (secondary N) is 1. The molecule has 1 aromatic heterocycles. The SMILES string of the molecule is COc1cc(OC)c2cc(C(=S)NCC[N+](C)(C)C)c(=O)oc2c1. The summed E-state index contributed by atoms with van der Waals surface area (Å²) in [6.07, 6.45) is 0. The minimum absolute atomic E-state index is 0.322. The van der Waals surface area contributed by atoms with E-state index in [0.717, 1.165) is 11.0 Å². The van der Waals surface area contributed by atoms with E-state index in [9.17, 15) is 4.79 Å². The van der Waals surface area contributed by atoms with Crippen LogP contribution in [0.2, 0.25) is 0 Å². The Labute approximate surface area is 146 Å². The van der Waals surface area contributed by atoms with Crippen molar-refractivity contribution in [2.24, 2.45) is 0 Å². The summed E-state index contributed by atoms with van der Waals surface area (Å²) >= 11 is 5.34. The molecule has 1 heterocycles. The Hall–Kier alpha value is -2.12. The van der Waals surface area contributed by atoms with E-state index in [1.54, 1.807) is 32.4 Å². The van der Waals surface area contributed by atoms with E-state index >= 15 is 0 Å². The van der Waals surface area contributed by atoms with E-state index in [0.29, 0.717) is 39.6 Å². The molecule has 1 N–H and O–H groups in total. The van der Waals surface area contributed by atoms with Crippen LogP contribution in [0.5, 0.6) is 11.5 Å². The highest BCUT2D eigenvalue weighted by Crippen LogP contribution is 2.30. The molecule has 0 amide bonds. The van der Waals surface area contributed by atoms with Crippen molar-refractivity contribution < 1.29 is 18.4 Å². The Morgan fingerprint density at radius 2 is 1.92 bits per heavy atom. The molecule has 2 aromatic rings. The minimum atomic E-state index is -0.486. The molecule has 0 fully saturated rings. The van der Waals surface area contributed by atoms with Crippen LogP contribution in [0.25, 0.3) is 11.0 Å². The highest BCUT2D eigenvalue weighted by Gasteiger charge is 2.15. The molecule has 0 bridgehead atoms. The average molecular weight is 351 g/mol. The van der Waals surface area contributed by atoms with Gasteiger partial charge < -0.3 is 23.7 Å². The van der Waals surface area contributed by atoms with Gasteiger partial charge in [0.1, 0.15) is 22.1 Å². The lowest BCUT2D eigenvalue weighted by Gasteiger charge is -2.24. The number of hydrogen-bond donors (Lipinski definition) is 1. The van der Waals surface area contributed by atoms with Gasteiger partial charge in [-0.05, 0) is 6.07 Å². The number of benzene rings is 1. The predicted octanol–water partition coefficient (Wildman–Crippen LogP) is 1.78. The van der Waals surface area contributed by atoms with Crippen LogP contribution in [0.1, 0.15) is 5.56 Å². The molecule has 130 valence electrons. The van der Waals surface area contributed by atoms with E-state index in [4.69, 9.17) is 26.1 Å². The Balaban J connectivity index is 2.36. The van der Waals surface area contributed by atoms with Crippen molar-refractivity contribution in [3.05, 3.63) is 34.2 Å². The molecular weight excluding hydrogens is 328 g/mol. The fourth-order valence-corrected chi connectivity index (χ4v) is 2.45. The molecule has 0 saturated carbocycles. The van der Waals surface area contributed by atoms with Crippen LogP contribution in [-0.4, -0.2) is 57.9 Å². The van der Waals surface area contributed by atoms with Gasteiger partial charge in [-0.2, -0.15) is 0 Å². The van der Waals surface area contributed by atoms with Crippen molar-refractivity contribution >= 4 is 28.2 Å². The van der Waals surface area contributed by atoms with Gasteiger partial charge >= 0.3 is 5.63 Å². The highest BCUT2D eigenvalue weighted by molar-refractivity contribution is 7.80. The Morgan fingerprint density at radius 1 is 1.21 bits per heavy atom. The van der Waals surface area contributed by atoms with Gasteiger partial charge in [0, 0.05) is 12.1 Å². The zero-order valence-electron chi connectivity index (χ0n) is 14.6. The van der Waals surface area contributed by atoms with Crippen molar-refractivity contribution in [3.8, 4) is 11.5 Å². The quantitative estimate of drug-likeness (QED) is 0.486. The van der Waals surface area contributed by atoms with Crippen LogP contribution < -0.4 is 20.4 Å². The lowest BCUT2D eigenvalue weighted by molar-refractivity contribution is -0.869. The highest BCUT2D eigenvalue weighted by atomic mass is 32.1. The molecule has 1 aromatic carbocycles. The first-order valence-corrected chi connectivity index (χ1v) is 7.94. The molecule has 24 heavy (non-hydrogen) atoms. The number of methoxy groups -OCH3 is 2. The molecule has 7 heteroatoms. The molecule has 0 aliphatic carbocycles. The number of rotatable bonds is 6. The summed E-state index contributed by atoms with van der Waals surface area (Å²) in [5.74, 6) is 1.11. The Kier molecular flexibility index (Phi) is 5.46. The van der Waals surface area contributed by atoms with Crippen LogP contribution in [0.15, 0.2) is 27.4 Å². The summed E-state index contributed by atoms with van der Waals surface area (Å²) in [7, 11) is 9.37. The molecule has 0 radical (unpaired) electrons. The second-order valence-electron chi connectivity index (χ2n) is 6.46. The van der Waals surface area contributed by atoms with Crippen molar-refractivity contribution in [1.82, 2.24) is 5.32 Å². The topological polar surface area (TPSA) is 60.7 Å². The zero-order valence-corrected chi connectivity index (χ0v) is 15.5. The first-order chi connectivity index (χ1) is 11.2. The van der Waals surface area contributed by atoms with Crippen molar-refractivity contribution in [3.63, 3.8) is 0 Å². The van der Waals surface area contributed by atoms with Gasteiger partial charge in [-0.1, -0.05) is 12.2 Å². The Bertz CT molecular complexity index is 809. The van der Waals surface area contributed by atoms with Gasteiger partial charge in [-0.15, -0.1) is 0 Å². The maximum atomic E-state index is 12.3. The molecule has 0 atom stereocenters. The van der Waals surface area contributed by atoms with Crippen LogP contribution in [0.4, 0.5) is 0 Å². The van der Waals surface area contributed by atoms with E-state index in [1.807, 2.05) is 0 Å².